The fraction of sp³-hybridized carbons (Fsp3) is 0.387. The van der Waals surface area contributed by atoms with Crippen LogP contribution in [0.15, 0.2) is 48.8 Å². The summed E-state index contributed by atoms with van der Waals surface area (Å²) in [5.41, 5.74) is 9.10. The van der Waals surface area contributed by atoms with Gasteiger partial charge in [-0.25, -0.2) is 23.8 Å². The van der Waals surface area contributed by atoms with E-state index < -0.39 is 11.4 Å². The molecule has 0 aliphatic carbocycles. The van der Waals surface area contributed by atoms with Crippen LogP contribution in [0.1, 0.15) is 62.0 Å². The summed E-state index contributed by atoms with van der Waals surface area (Å²) in [5.74, 6) is 0.0236. The van der Waals surface area contributed by atoms with Crippen LogP contribution in [0, 0.1) is 5.82 Å². The predicted octanol–water partition coefficient (Wildman–Crippen LogP) is 5.61. The van der Waals surface area contributed by atoms with Gasteiger partial charge >= 0.3 is 6.09 Å². The van der Waals surface area contributed by atoms with E-state index in [1.54, 1.807) is 4.90 Å². The van der Waals surface area contributed by atoms with Gasteiger partial charge in [-0.1, -0.05) is 24.3 Å². The largest absolute Gasteiger partial charge is 0.496 e. The number of piperidine rings is 1. The van der Waals surface area contributed by atoms with Crippen molar-refractivity contribution in [3.05, 3.63) is 65.7 Å². The van der Waals surface area contributed by atoms with Crippen LogP contribution in [0.25, 0.3) is 22.3 Å². The number of rotatable bonds is 7. The molecule has 1 amide bonds. The highest BCUT2D eigenvalue weighted by atomic mass is 19.1. The van der Waals surface area contributed by atoms with E-state index in [1.165, 1.54) is 31.6 Å². The number of aryl methyl sites for hydroxylation is 1. The first-order valence-electron chi connectivity index (χ1n) is 14.0. The van der Waals surface area contributed by atoms with Gasteiger partial charge in [0, 0.05) is 25.1 Å². The third-order valence-electron chi connectivity index (χ3n) is 7.31. The number of halogens is 1. The molecule has 0 atom stereocenters. The number of nitrogens with zero attached hydrogens (tertiary/aromatic N) is 5. The van der Waals surface area contributed by atoms with Gasteiger partial charge in [-0.15, -0.1) is 0 Å². The van der Waals surface area contributed by atoms with Crippen LogP contribution in [0.4, 0.5) is 15.0 Å². The van der Waals surface area contributed by atoms with Crippen molar-refractivity contribution in [3.63, 3.8) is 0 Å². The number of anilines is 1. The molecule has 11 heteroatoms. The van der Waals surface area contributed by atoms with Gasteiger partial charge < -0.3 is 20.1 Å². The van der Waals surface area contributed by atoms with E-state index >= 15 is 0 Å². The Morgan fingerprint density at radius 1 is 1.07 bits per heavy atom. The van der Waals surface area contributed by atoms with Gasteiger partial charge in [0.2, 0.25) is 0 Å². The van der Waals surface area contributed by atoms with Gasteiger partial charge in [-0.05, 0) is 63.8 Å². The molecule has 220 valence electrons. The average molecular weight is 575 g/mol. The topological polar surface area (TPSA) is 125 Å². The molecule has 1 aliphatic heterocycles. The summed E-state index contributed by atoms with van der Waals surface area (Å²) in [7, 11) is 1.46. The Balaban J connectivity index is 1.32. The Morgan fingerprint density at radius 2 is 1.79 bits per heavy atom. The number of ether oxygens (including phenoxy) is 2. The molecule has 0 unspecified atom stereocenters. The summed E-state index contributed by atoms with van der Waals surface area (Å²) in [6.45, 7) is 6.67. The number of fused-ring (bicyclic) bond motifs is 1. The predicted molar refractivity (Wildman–Crippen MR) is 157 cm³/mol. The van der Waals surface area contributed by atoms with Crippen LogP contribution in [0.5, 0.6) is 5.75 Å². The van der Waals surface area contributed by atoms with E-state index in [4.69, 9.17) is 20.3 Å². The molecule has 0 radical (unpaired) electrons. The second-order valence-electron chi connectivity index (χ2n) is 11.4. The number of carbonyl (C=O) groups is 2. The third-order valence-corrected chi connectivity index (χ3v) is 7.31. The van der Waals surface area contributed by atoms with E-state index in [0.29, 0.717) is 60.6 Å². The first-order chi connectivity index (χ1) is 20.0. The van der Waals surface area contributed by atoms with Crippen molar-refractivity contribution in [2.24, 2.45) is 0 Å². The number of benzene rings is 2. The second-order valence-corrected chi connectivity index (χ2v) is 11.4. The van der Waals surface area contributed by atoms with Crippen molar-refractivity contribution in [2.45, 2.75) is 58.1 Å². The maximum absolute atomic E-state index is 13.7. The smallest absolute Gasteiger partial charge is 0.410 e. The van der Waals surface area contributed by atoms with Crippen LogP contribution >= 0.6 is 0 Å². The number of methoxy groups -OCH3 is 1. The van der Waals surface area contributed by atoms with Crippen molar-refractivity contribution in [2.75, 3.05) is 25.9 Å². The van der Waals surface area contributed by atoms with Crippen LogP contribution in [0.3, 0.4) is 0 Å². The standard InChI is InChI=1S/C31H35FN6O4/c1-31(2,3)42-30(40)37-15-13-22(14-16-37)38-29-26(28(33)34-18-35-29)27(36-38)20-8-5-19(6-9-20)7-11-24(39)23-17-21(32)10-12-25(23)41-4/h5-6,8-10,12,17-18,22H,7,11,13-16H2,1-4H3,(H2,33,34,35). The minimum atomic E-state index is -0.546. The van der Waals surface area contributed by atoms with Crippen molar-refractivity contribution < 1.29 is 23.5 Å². The lowest BCUT2D eigenvalue weighted by Crippen LogP contribution is -2.42. The van der Waals surface area contributed by atoms with Gasteiger partial charge in [-0.3, -0.25) is 4.79 Å². The number of nitrogens with two attached hydrogens (primary N) is 1. The molecule has 5 rings (SSSR count). The number of ketones is 1. The number of carbonyl (C=O) groups excluding carboxylic acids is 2. The SMILES string of the molecule is COc1ccc(F)cc1C(=O)CCc1ccc(-c2nn(C3CCN(C(=O)OC(C)(C)C)CC3)c3ncnc(N)c23)cc1. The molecule has 0 bridgehead atoms. The molecule has 10 nitrogen and oxygen atoms in total. The molecule has 2 N–H and O–H groups in total. The minimum absolute atomic E-state index is 0.0272. The molecule has 0 saturated carbocycles. The first-order valence-corrected chi connectivity index (χ1v) is 14.0. The molecule has 2 aromatic heterocycles. The summed E-state index contributed by atoms with van der Waals surface area (Å²) < 4.78 is 26.4. The Hall–Kier alpha value is -4.54. The van der Waals surface area contributed by atoms with Gasteiger partial charge in [-0.2, -0.15) is 5.10 Å². The fourth-order valence-corrected chi connectivity index (χ4v) is 5.19. The Bertz CT molecular complexity index is 1600. The van der Waals surface area contributed by atoms with Crippen molar-refractivity contribution in [1.29, 1.82) is 0 Å². The highest BCUT2D eigenvalue weighted by molar-refractivity contribution is 5.99. The first kappa shape index (κ1) is 29.0. The summed E-state index contributed by atoms with van der Waals surface area (Å²) >= 11 is 0. The summed E-state index contributed by atoms with van der Waals surface area (Å²) in [4.78, 5) is 35.8. The Kier molecular flexibility index (Phi) is 8.11. The molecule has 2 aromatic carbocycles. The number of Topliss-reactive ketones (excluding diaryl/α,β-unsaturated/α-hetero) is 1. The molecule has 42 heavy (non-hydrogen) atoms. The highest BCUT2D eigenvalue weighted by Crippen LogP contribution is 2.34. The van der Waals surface area contributed by atoms with Gasteiger partial charge in [0.1, 0.15) is 35.0 Å². The lowest BCUT2D eigenvalue weighted by molar-refractivity contribution is 0.0186. The van der Waals surface area contributed by atoms with Gasteiger partial charge in [0.15, 0.2) is 11.4 Å². The zero-order valence-corrected chi connectivity index (χ0v) is 24.3. The Labute approximate surface area is 243 Å². The Morgan fingerprint density at radius 3 is 2.45 bits per heavy atom. The number of aromatic nitrogens is 4. The normalized spacial score (nSPS) is 14.3. The van der Waals surface area contributed by atoms with Crippen LogP contribution in [-0.2, 0) is 11.2 Å². The third kappa shape index (κ3) is 6.19. The summed E-state index contributed by atoms with van der Waals surface area (Å²) in [6, 6.07) is 11.7. The average Bonchev–Trinajstić information content (AvgIpc) is 3.36. The van der Waals surface area contributed by atoms with Crippen LogP contribution in [0.2, 0.25) is 0 Å². The molecular weight excluding hydrogens is 539 g/mol. The molecule has 1 saturated heterocycles. The number of likely N-dealkylation sites (tertiary alicyclic amines) is 1. The van der Waals surface area contributed by atoms with E-state index in [-0.39, 0.29) is 29.9 Å². The molecule has 4 aromatic rings. The van der Waals surface area contributed by atoms with Gasteiger partial charge in [0.25, 0.3) is 0 Å². The fourth-order valence-electron chi connectivity index (χ4n) is 5.19. The monoisotopic (exact) mass is 574 g/mol. The van der Waals surface area contributed by atoms with E-state index in [0.717, 1.165) is 11.1 Å². The molecular formula is C31H35FN6O4. The second kappa shape index (κ2) is 11.8. The summed E-state index contributed by atoms with van der Waals surface area (Å²) in [5, 5.41) is 5.61. The number of hydrogen-bond donors (Lipinski definition) is 1. The number of hydrogen-bond acceptors (Lipinski definition) is 8. The maximum Gasteiger partial charge on any atom is 0.410 e. The molecule has 1 aliphatic rings. The maximum atomic E-state index is 13.7. The van der Waals surface area contributed by atoms with Gasteiger partial charge in [0.05, 0.1) is 24.1 Å². The molecule has 1 fully saturated rings. The van der Waals surface area contributed by atoms with Crippen molar-refractivity contribution >= 4 is 28.7 Å². The lowest BCUT2D eigenvalue weighted by Gasteiger charge is -2.33. The van der Waals surface area contributed by atoms with Crippen LogP contribution < -0.4 is 10.5 Å². The zero-order valence-electron chi connectivity index (χ0n) is 24.3. The minimum Gasteiger partial charge on any atom is -0.496 e. The van der Waals surface area contributed by atoms with Crippen molar-refractivity contribution in [1.82, 2.24) is 24.6 Å². The van der Waals surface area contributed by atoms with E-state index in [9.17, 15) is 14.0 Å². The van der Waals surface area contributed by atoms with Crippen LogP contribution in [-0.4, -0.2) is 62.3 Å². The lowest BCUT2D eigenvalue weighted by atomic mass is 10.00. The van der Waals surface area contributed by atoms with Crippen molar-refractivity contribution in [3.8, 4) is 17.0 Å². The quantitative estimate of drug-likeness (QED) is 0.282. The zero-order chi connectivity index (χ0) is 30.0. The molecule has 0 spiro atoms. The number of nitrogen functional groups attached to an aromatic ring is 1. The highest BCUT2D eigenvalue weighted by Gasteiger charge is 2.30. The molecule has 3 heterocycles. The van der Waals surface area contributed by atoms with E-state index in [1.807, 2.05) is 49.7 Å². The van der Waals surface area contributed by atoms with E-state index in [2.05, 4.69) is 9.97 Å². The number of amides is 1. The summed E-state index contributed by atoms with van der Waals surface area (Å²) in [6.07, 6.45) is 3.21.